The summed E-state index contributed by atoms with van der Waals surface area (Å²) in [6, 6.07) is 3.94. The molecule has 0 aromatic heterocycles. The average molecular weight is 243 g/mol. The number of nitrogens with zero attached hydrogens (tertiary/aromatic N) is 1. The fourth-order valence-electron chi connectivity index (χ4n) is 1.27. The maximum Gasteiger partial charge on any atom is 0.335 e. The molecule has 88 valence electrons. The predicted molar refractivity (Wildman–Crippen MR) is 59.0 cm³/mol. The van der Waals surface area contributed by atoms with Gasteiger partial charge in [-0.1, -0.05) is 0 Å². The van der Waals surface area contributed by atoms with E-state index >= 15 is 0 Å². The molecule has 0 unspecified atom stereocenters. The van der Waals surface area contributed by atoms with Crippen LogP contribution in [-0.4, -0.2) is 37.9 Å². The third-order valence-corrected chi connectivity index (χ3v) is 4.16. The van der Waals surface area contributed by atoms with E-state index in [1.54, 1.807) is 6.92 Å². The molecular weight excluding hydrogens is 230 g/mol. The molecule has 0 saturated carbocycles. The van der Waals surface area contributed by atoms with Crippen molar-refractivity contribution >= 4 is 16.0 Å². The molecule has 1 rings (SSSR count). The summed E-state index contributed by atoms with van der Waals surface area (Å²) in [6.45, 7) is 1.57. The lowest BCUT2D eigenvalue weighted by atomic mass is 10.1. The Morgan fingerprint density at radius 2 is 1.88 bits per heavy atom. The first-order chi connectivity index (χ1) is 7.26. The van der Waals surface area contributed by atoms with Crippen LogP contribution in [0.4, 0.5) is 0 Å². The standard InChI is InChI=1S/C10H13NO4S/c1-7-6-8(10(12)13)4-5-9(7)16(14,15)11(2)3/h4-6H,1-3H3,(H,12,13). The molecule has 1 aromatic rings. The van der Waals surface area contributed by atoms with E-state index in [1.165, 1.54) is 32.3 Å². The summed E-state index contributed by atoms with van der Waals surface area (Å²) in [7, 11) is -0.649. The number of aromatic carboxylic acids is 1. The summed E-state index contributed by atoms with van der Waals surface area (Å²) < 4.78 is 24.7. The van der Waals surface area contributed by atoms with Gasteiger partial charge in [-0.3, -0.25) is 0 Å². The number of benzene rings is 1. The Labute approximate surface area is 94.4 Å². The molecule has 6 heteroatoms. The topological polar surface area (TPSA) is 74.7 Å². The largest absolute Gasteiger partial charge is 0.478 e. The van der Waals surface area contributed by atoms with Crippen molar-refractivity contribution in [1.29, 1.82) is 0 Å². The molecule has 16 heavy (non-hydrogen) atoms. The molecule has 0 radical (unpaired) electrons. The molecule has 5 nitrogen and oxygen atoms in total. The van der Waals surface area contributed by atoms with Crippen molar-refractivity contribution in [2.45, 2.75) is 11.8 Å². The summed E-state index contributed by atoms with van der Waals surface area (Å²) in [4.78, 5) is 10.8. The molecule has 0 amide bonds. The number of hydrogen-bond donors (Lipinski definition) is 1. The fourth-order valence-corrected chi connectivity index (χ4v) is 2.37. The van der Waals surface area contributed by atoms with Gasteiger partial charge in [-0.05, 0) is 30.7 Å². The fraction of sp³-hybridized carbons (Fsp3) is 0.300. The van der Waals surface area contributed by atoms with Crippen LogP contribution >= 0.6 is 0 Å². The summed E-state index contributed by atoms with van der Waals surface area (Å²) in [5.41, 5.74) is 0.504. The molecule has 0 aliphatic rings. The van der Waals surface area contributed by atoms with Gasteiger partial charge >= 0.3 is 5.97 Å². The minimum Gasteiger partial charge on any atom is -0.478 e. The van der Waals surface area contributed by atoms with Gasteiger partial charge in [-0.15, -0.1) is 0 Å². The van der Waals surface area contributed by atoms with Crippen molar-refractivity contribution in [1.82, 2.24) is 4.31 Å². The predicted octanol–water partition coefficient (Wildman–Crippen LogP) is 0.944. The summed E-state index contributed by atoms with van der Waals surface area (Å²) in [5.74, 6) is -1.07. The Balaban J connectivity index is 3.35. The summed E-state index contributed by atoms with van der Waals surface area (Å²) >= 11 is 0. The third-order valence-electron chi connectivity index (χ3n) is 2.18. The second kappa shape index (κ2) is 4.23. The van der Waals surface area contributed by atoms with Gasteiger partial charge < -0.3 is 5.11 Å². The van der Waals surface area contributed by atoms with Crippen LogP contribution in [0.2, 0.25) is 0 Å². The van der Waals surface area contributed by atoms with Crippen LogP contribution in [-0.2, 0) is 10.0 Å². The summed E-state index contributed by atoms with van der Waals surface area (Å²) in [5, 5.41) is 8.75. The normalized spacial score (nSPS) is 11.8. The van der Waals surface area contributed by atoms with Gasteiger partial charge in [-0.25, -0.2) is 17.5 Å². The quantitative estimate of drug-likeness (QED) is 0.857. The number of carbonyl (C=O) groups is 1. The van der Waals surface area contributed by atoms with Crippen LogP contribution in [0.1, 0.15) is 15.9 Å². The van der Waals surface area contributed by atoms with Crippen molar-refractivity contribution in [3.8, 4) is 0 Å². The van der Waals surface area contributed by atoms with Gasteiger partial charge in [0.15, 0.2) is 0 Å². The second-order valence-corrected chi connectivity index (χ2v) is 5.69. The average Bonchev–Trinajstić information content (AvgIpc) is 2.16. The Hall–Kier alpha value is -1.40. The van der Waals surface area contributed by atoms with Gasteiger partial charge in [0, 0.05) is 14.1 Å². The van der Waals surface area contributed by atoms with E-state index in [1.807, 2.05) is 0 Å². The first-order valence-electron chi connectivity index (χ1n) is 4.53. The van der Waals surface area contributed by atoms with Crippen molar-refractivity contribution in [2.75, 3.05) is 14.1 Å². The Morgan fingerprint density at radius 1 is 1.31 bits per heavy atom. The van der Waals surface area contributed by atoms with E-state index < -0.39 is 16.0 Å². The molecular formula is C10H13NO4S. The first kappa shape index (κ1) is 12.7. The Kier molecular flexibility index (Phi) is 3.35. The first-order valence-corrected chi connectivity index (χ1v) is 5.97. The van der Waals surface area contributed by atoms with E-state index in [0.717, 1.165) is 4.31 Å². The molecule has 1 aromatic carbocycles. The maximum atomic E-state index is 11.8. The lowest BCUT2D eigenvalue weighted by molar-refractivity contribution is 0.0696. The second-order valence-electron chi connectivity index (χ2n) is 3.57. The molecule has 0 saturated heterocycles. The van der Waals surface area contributed by atoms with E-state index in [2.05, 4.69) is 0 Å². The molecule has 0 bridgehead atoms. The van der Waals surface area contributed by atoms with E-state index in [4.69, 9.17) is 5.11 Å². The van der Waals surface area contributed by atoms with Gasteiger partial charge in [0.1, 0.15) is 0 Å². The molecule has 0 heterocycles. The van der Waals surface area contributed by atoms with Crippen molar-refractivity contribution in [2.24, 2.45) is 0 Å². The molecule has 0 spiro atoms. The number of carboxylic acids is 1. The molecule has 0 fully saturated rings. The lowest BCUT2D eigenvalue weighted by Crippen LogP contribution is -2.23. The zero-order chi connectivity index (χ0) is 12.5. The lowest BCUT2D eigenvalue weighted by Gasteiger charge is -2.13. The van der Waals surface area contributed by atoms with Crippen LogP contribution in [0.5, 0.6) is 0 Å². The number of hydrogen-bond acceptors (Lipinski definition) is 3. The molecule has 0 atom stereocenters. The number of rotatable bonds is 3. The Bertz CT molecular complexity index is 520. The zero-order valence-corrected chi connectivity index (χ0v) is 10.1. The van der Waals surface area contributed by atoms with Crippen molar-refractivity contribution in [3.05, 3.63) is 29.3 Å². The number of sulfonamides is 1. The SMILES string of the molecule is Cc1cc(C(=O)O)ccc1S(=O)(=O)N(C)C. The van der Waals surface area contributed by atoms with E-state index in [0.29, 0.717) is 5.56 Å². The third kappa shape index (κ3) is 2.23. The highest BCUT2D eigenvalue weighted by Crippen LogP contribution is 2.19. The zero-order valence-electron chi connectivity index (χ0n) is 9.26. The number of carboxylic acid groups (broad SMARTS) is 1. The highest BCUT2D eigenvalue weighted by molar-refractivity contribution is 7.89. The van der Waals surface area contributed by atoms with E-state index in [-0.39, 0.29) is 10.5 Å². The van der Waals surface area contributed by atoms with Gasteiger partial charge in [0.2, 0.25) is 10.0 Å². The van der Waals surface area contributed by atoms with Gasteiger partial charge in [0.05, 0.1) is 10.5 Å². The smallest absolute Gasteiger partial charge is 0.335 e. The molecule has 0 aliphatic carbocycles. The van der Waals surface area contributed by atoms with E-state index in [9.17, 15) is 13.2 Å². The van der Waals surface area contributed by atoms with Crippen molar-refractivity contribution in [3.63, 3.8) is 0 Å². The van der Waals surface area contributed by atoms with Gasteiger partial charge in [-0.2, -0.15) is 0 Å². The molecule has 1 N–H and O–H groups in total. The maximum absolute atomic E-state index is 11.8. The van der Waals surface area contributed by atoms with Crippen LogP contribution in [0, 0.1) is 6.92 Å². The number of aryl methyl sites for hydroxylation is 1. The monoisotopic (exact) mass is 243 g/mol. The minimum absolute atomic E-state index is 0.0789. The summed E-state index contributed by atoms with van der Waals surface area (Å²) in [6.07, 6.45) is 0. The molecule has 0 aliphatic heterocycles. The van der Waals surface area contributed by atoms with Crippen LogP contribution in [0.3, 0.4) is 0 Å². The minimum atomic E-state index is -3.51. The highest BCUT2D eigenvalue weighted by Gasteiger charge is 2.20. The Morgan fingerprint density at radius 3 is 2.25 bits per heavy atom. The van der Waals surface area contributed by atoms with Crippen molar-refractivity contribution < 1.29 is 18.3 Å². The van der Waals surface area contributed by atoms with Crippen LogP contribution < -0.4 is 0 Å². The van der Waals surface area contributed by atoms with Crippen LogP contribution in [0.15, 0.2) is 23.1 Å². The highest BCUT2D eigenvalue weighted by atomic mass is 32.2. The van der Waals surface area contributed by atoms with Crippen LogP contribution in [0.25, 0.3) is 0 Å². The van der Waals surface area contributed by atoms with Gasteiger partial charge in [0.25, 0.3) is 0 Å².